The Balaban J connectivity index is 2.85. The zero-order valence-corrected chi connectivity index (χ0v) is 15.0. The minimum atomic E-state index is -1.29. The van der Waals surface area contributed by atoms with Gasteiger partial charge in [0.05, 0.1) is 0 Å². The summed E-state index contributed by atoms with van der Waals surface area (Å²) in [6.45, 7) is 14.6. The third-order valence-corrected chi connectivity index (χ3v) is 11.6. The van der Waals surface area contributed by atoms with E-state index < -0.39 is 16.5 Å². The Morgan fingerprint density at radius 1 is 1.06 bits per heavy atom. The quantitative estimate of drug-likeness (QED) is 0.630. The summed E-state index contributed by atoms with van der Waals surface area (Å²) in [6.07, 6.45) is 3.26. The lowest BCUT2D eigenvalue weighted by Crippen LogP contribution is -2.62. The number of hydrogen-bond acceptors (Lipinski definition) is 2. The average molecular weight is 290 g/mol. The Morgan fingerprint density at radius 3 is 1.82 bits per heavy atom. The minimum absolute atomic E-state index is 0.0959. The summed E-state index contributed by atoms with van der Waals surface area (Å²) in [5.41, 5.74) is 0. The normalized spacial score (nSPS) is 26.6. The molecule has 0 aromatic carbocycles. The molecule has 1 rings (SSSR count). The van der Waals surface area contributed by atoms with Crippen LogP contribution in [0.5, 0.6) is 0 Å². The SMILES string of the molecule is C[Si](C)(C)N(C1CCC(C(=O)S)C1)[Si](C)(C)C. The molecule has 1 aliphatic carbocycles. The number of nitrogens with zero attached hydrogens (tertiary/aromatic N) is 1. The fraction of sp³-hybridized carbons (Fsp3) is 0.917. The summed E-state index contributed by atoms with van der Waals surface area (Å²) in [7, 11) is -2.59. The first-order valence-corrected chi connectivity index (χ1v) is 13.9. The molecule has 0 N–H and O–H groups in total. The highest BCUT2D eigenvalue weighted by Crippen LogP contribution is 2.36. The maximum Gasteiger partial charge on any atom is 0.189 e. The van der Waals surface area contributed by atoms with E-state index in [2.05, 4.69) is 56.1 Å². The largest absolute Gasteiger partial charge is 0.343 e. The van der Waals surface area contributed by atoms with Crippen LogP contribution in [0.1, 0.15) is 19.3 Å². The molecule has 1 aliphatic rings. The van der Waals surface area contributed by atoms with E-state index in [0.717, 1.165) is 12.8 Å². The molecule has 5 heteroatoms. The second kappa shape index (κ2) is 5.19. The van der Waals surface area contributed by atoms with Gasteiger partial charge in [-0.15, -0.1) is 12.6 Å². The molecule has 0 amide bonds. The fourth-order valence-corrected chi connectivity index (χ4v) is 14.5. The van der Waals surface area contributed by atoms with Crippen LogP contribution in [0.25, 0.3) is 0 Å². The third kappa shape index (κ3) is 3.94. The molecule has 0 spiro atoms. The zero-order chi connectivity index (χ0) is 13.4. The van der Waals surface area contributed by atoms with Crippen LogP contribution in [0, 0.1) is 5.92 Å². The van der Waals surface area contributed by atoms with Crippen molar-refractivity contribution in [1.29, 1.82) is 0 Å². The number of thiol groups is 1. The Bertz CT molecular complexity index is 282. The summed E-state index contributed by atoms with van der Waals surface area (Å²) >= 11 is 4.01. The molecule has 0 radical (unpaired) electrons. The van der Waals surface area contributed by atoms with Crippen LogP contribution >= 0.6 is 12.6 Å². The van der Waals surface area contributed by atoms with E-state index in [1.807, 2.05) is 0 Å². The number of hydrogen-bond donors (Lipinski definition) is 1. The molecule has 0 saturated heterocycles. The lowest BCUT2D eigenvalue weighted by atomic mass is 10.1. The topological polar surface area (TPSA) is 20.3 Å². The van der Waals surface area contributed by atoms with Gasteiger partial charge >= 0.3 is 0 Å². The van der Waals surface area contributed by atoms with Crippen LogP contribution in [0.3, 0.4) is 0 Å². The summed E-state index contributed by atoms with van der Waals surface area (Å²) in [4.78, 5) is 11.4. The number of carbonyl (C=O) groups is 1. The number of rotatable bonds is 4. The van der Waals surface area contributed by atoms with Gasteiger partial charge in [-0.1, -0.05) is 39.3 Å². The maximum atomic E-state index is 11.4. The van der Waals surface area contributed by atoms with Gasteiger partial charge in [0.1, 0.15) is 16.5 Å². The van der Waals surface area contributed by atoms with Crippen molar-refractivity contribution < 1.29 is 4.79 Å². The Kier molecular flexibility index (Phi) is 4.72. The van der Waals surface area contributed by atoms with E-state index in [1.54, 1.807) is 0 Å². The van der Waals surface area contributed by atoms with Crippen molar-refractivity contribution in [2.75, 3.05) is 0 Å². The summed E-state index contributed by atoms with van der Waals surface area (Å²) < 4.78 is 2.84. The molecule has 0 aromatic rings. The van der Waals surface area contributed by atoms with E-state index in [-0.39, 0.29) is 11.0 Å². The molecule has 2 atom stereocenters. The van der Waals surface area contributed by atoms with Gasteiger partial charge in [-0.25, -0.2) is 0 Å². The molecule has 2 nitrogen and oxygen atoms in total. The summed E-state index contributed by atoms with van der Waals surface area (Å²) in [6, 6.07) is 0.634. The van der Waals surface area contributed by atoms with Gasteiger partial charge in [-0.05, 0) is 25.3 Å². The first kappa shape index (κ1) is 15.5. The van der Waals surface area contributed by atoms with Crippen LogP contribution in [0.4, 0.5) is 0 Å². The van der Waals surface area contributed by atoms with Crippen LogP contribution in [0.2, 0.25) is 39.3 Å². The van der Waals surface area contributed by atoms with Gasteiger partial charge in [-0.2, -0.15) is 0 Å². The average Bonchev–Trinajstić information content (AvgIpc) is 2.46. The maximum absolute atomic E-state index is 11.4. The fourth-order valence-electron chi connectivity index (χ4n) is 3.52. The Morgan fingerprint density at radius 2 is 1.53 bits per heavy atom. The van der Waals surface area contributed by atoms with Crippen LogP contribution in [0.15, 0.2) is 0 Å². The Hall–Kier alpha value is 0.414. The van der Waals surface area contributed by atoms with Crippen molar-refractivity contribution in [1.82, 2.24) is 4.23 Å². The van der Waals surface area contributed by atoms with Gasteiger partial charge < -0.3 is 4.23 Å². The number of carbonyl (C=O) groups excluding carboxylic acids is 1. The summed E-state index contributed by atoms with van der Waals surface area (Å²) in [5.74, 6) is 0.207. The molecular formula is C12H27NOSSi2. The van der Waals surface area contributed by atoms with E-state index >= 15 is 0 Å². The lowest BCUT2D eigenvalue weighted by Gasteiger charge is -2.48. The van der Waals surface area contributed by atoms with Crippen molar-refractivity contribution in [2.45, 2.75) is 64.6 Å². The summed E-state index contributed by atoms with van der Waals surface area (Å²) in [5, 5.41) is 0.0959. The van der Waals surface area contributed by atoms with E-state index in [4.69, 9.17) is 0 Å². The first-order valence-electron chi connectivity index (χ1n) is 6.55. The lowest BCUT2D eigenvalue weighted by molar-refractivity contribution is -0.114. The van der Waals surface area contributed by atoms with Crippen molar-refractivity contribution in [2.24, 2.45) is 5.92 Å². The van der Waals surface area contributed by atoms with E-state index in [1.165, 1.54) is 6.42 Å². The van der Waals surface area contributed by atoms with Crippen molar-refractivity contribution in [3.05, 3.63) is 0 Å². The molecule has 2 unspecified atom stereocenters. The predicted molar refractivity (Wildman–Crippen MR) is 83.7 cm³/mol. The monoisotopic (exact) mass is 289 g/mol. The highest BCUT2D eigenvalue weighted by atomic mass is 32.1. The van der Waals surface area contributed by atoms with Crippen LogP contribution in [-0.2, 0) is 4.79 Å². The van der Waals surface area contributed by atoms with E-state index in [9.17, 15) is 4.79 Å². The van der Waals surface area contributed by atoms with Gasteiger partial charge in [0.2, 0.25) is 0 Å². The van der Waals surface area contributed by atoms with Crippen LogP contribution < -0.4 is 0 Å². The van der Waals surface area contributed by atoms with Gasteiger partial charge in [0, 0.05) is 5.92 Å². The molecule has 0 aromatic heterocycles. The van der Waals surface area contributed by atoms with E-state index in [0.29, 0.717) is 6.04 Å². The van der Waals surface area contributed by atoms with Crippen LogP contribution in [-0.4, -0.2) is 31.9 Å². The molecule has 0 heterocycles. The second-order valence-electron chi connectivity index (χ2n) is 7.21. The smallest absolute Gasteiger partial charge is 0.189 e. The molecular weight excluding hydrogens is 262 g/mol. The van der Waals surface area contributed by atoms with Gasteiger partial charge in [0.25, 0.3) is 0 Å². The highest BCUT2D eigenvalue weighted by Gasteiger charge is 2.42. The molecule has 1 fully saturated rings. The van der Waals surface area contributed by atoms with Crippen molar-refractivity contribution in [3.63, 3.8) is 0 Å². The van der Waals surface area contributed by atoms with Crippen molar-refractivity contribution >= 4 is 34.2 Å². The second-order valence-corrected chi connectivity index (χ2v) is 17.7. The minimum Gasteiger partial charge on any atom is -0.343 e. The first-order chi connectivity index (χ1) is 7.53. The Labute approximate surface area is 114 Å². The highest BCUT2D eigenvalue weighted by molar-refractivity contribution is 7.96. The molecule has 0 aliphatic heterocycles. The zero-order valence-electron chi connectivity index (χ0n) is 12.1. The molecule has 1 saturated carbocycles. The predicted octanol–water partition coefficient (Wildman–Crippen LogP) is 3.58. The van der Waals surface area contributed by atoms with Gasteiger partial charge in [0.15, 0.2) is 5.12 Å². The van der Waals surface area contributed by atoms with Gasteiger partial charge in [-0.3, -0.25) is 4.79 Å². The van der Waals surface area contributed by atoms with Crippen molar-refractivity contribution in [3.8, 4) is 0 Å². The third-order valence-electron chi connectivity index (χ3n) is 3.56. The molecule has 17 heavy (non-hydrogen) atoms. The molecule has 0 bridgehead atoms. The molecule has 100 valence electrons. The standard InChI is InChI=1S/C12H27NOSSi2/c1-16(2,3)13(17(4,5)6)11-8-7-10(9-11)12(14)15/h10-11H,7-9H2,1-6H3,(H,14,15).